The first-order chi connectivity index (χ1) is 4.33. The van der Waals surface area contributed by atoms with Crippen LogP contribution in [0.2, 0.25) is 0 Å². The molecule has 1 spiro atoms. The van der Waals surface area contributed by atoms with Crippen LogP contribution in [0.3, 0.4) is 0 Å². The van der Waals surface area contributed by atoms with Gasteiger partial charge in [-0.25, -0.2) is 0 Å². The van der Waals surface area contributed by atoms with Gasteiger partial charge in [-0.1, -0.05) is 6.42 Å². The van der Waals surface area contributed by atoms with Crippen molar-refractivity contribution < 1.29 is 14.9 Å². The van der Waals surface area contributed by atoms with Crippen LogP contribution in [-0.4, -0.2) is 17.0 Å². The van der Waals surface area contributed by atoms with E-state index in [0.29, 0.717) is 0 Å². The average molecular weight is 130 g/mol. The lowest BCUT2D eigenvalue weighted by molar-refractivity contribution is 0.0376. The standard InChI is InChI=1S/C6H10O3/c7-5-3-1-2-4-6(5)8-9-6/h5,7H,1-4H2. The second-order valence-electron chi connectivity index (χ2n) is 2.74. The third kappa shape index (κ3) is 0.764. The van der Waals surface area contributed by atoms with Gasteiger partial charge >= 0.3 is 0 Å². The number of aliphatic hydroxyl groups excluding tert-OH is 1. The zero-order valence-electron chi connectivity index (χ0n) is 5.17. The lowest BCUT2D eigenvalue weighted by Gasteiger charge is -2.19. The summed E-state index contributed by atoms with van der Waals surface area (Å²) in [6.45, 7) is 0. The highest BCUT2D eigenvalue weighted by Crippen LogP contribution is 2.43. The van der Waals surface area contributed by atoms with Gasteiger partial charge in [0.1, 0.15) is 6.10 Å². The fraction of sp³-hybridized carbons (Fsp3) is 1.00. The van der Waals surface area contributed by atoms with Crippen LogP contribution >= 0.6 is 0 Å². The second-order valence-corrected chi connectivity index (χ2v) is 2.74. The Morgan fingerprint density at radius 2 is 2.11 bits per heavy atom. The van der Waals surface area contributed by atoms with Gasteiger partial charge in [0.25, 0.3) is 5.79 Å². The maximum Gasteiger partial charge on any atom is 0.259 e. The highest BCUT2D eigenvalue weighted by molar-refractivity contribution is 4.86. The van der Waals surface area contributed by atoms with E-state index in [-0.39, 0.29) is 6.10 Å². The molecule has 2 aliphatic rings. The smallest absolute Gasteiger partial charge is 0.259 e. The lowest BCUT2D eigenvalue weighted by atomic mass is 9.93. The van der Waals surface area contributed by atoms with Gasteiger partial charge in [-0.2, -0.15) is 9.78 Å². The molecule has 3 nitrogen and oxygen atoms in total. The lowest BCUT2D eigenvalue weighted by Crippen LogP contribution is -2.32. The van der Waals surface area contributed by atoms with Gasteiger partial charge in [-0.3, -0.25) is 0 Å². The first kappa shape index (κ1) is 5.65. The van der Waals surface area contributed by atoms with Crippen molar-refractivity contribution in [2.75, 3.05) is 0 Å². The van der Waals surface area contributed by atoms with Gasteiger partial charge in [0.05, 0.1) is 0 Å². The molecule has 0 amide bonds. The van der Waals surface area contributed by atoms with E-state index in [1.165, 1.54) is 0 Å². The number of rotatable bonds is 0. The molecule has 3 heteroatoms. The summed E-state index contributed by atoms with van der Waals surface area (Å²) >= 11 is 0. The summed E-state index contributed by atoms with van der Waals surface area (Å²) in [7, 11) is 0. The van der Waals surface area contributed by atoms with Crippen LogP contribution in [0.5, 0.6) is 0 Å². The van der Waals surface area contributed by atoms with E-state index in [0.717, 1.165) is 25.7 Å². The first-order valence-electron chi connectivity index (χ1n) is 3.38. The maximum absolute atomic E-state index is 9.25. The van der Waals surface area contributed by atoms with E-state index in [9.17, 15) is 5.11 Å². The molecule has 9 heavy (non-hydrogen) atoms. The summed E-state index contributed by atoms with van der Waals surface area (Å²) in [5.41, 5.74) is 0. The Labute approximate surface area is 53.5 Å². The van der Waals surface area contributed by atoms with Crippen molar-refractivity contribution in [1.82, 2.24) is 0 Å². The van der Waals surface area contributed by atoms with Gasteiger partial charge in [0, 0.05) is 6.42 Å². The first-order valence-corrected chi connectivity index (χ1v) is 3.38. The fourth-order valence-electron chi connectivity index (χ4n) is 1.34. The average Bonchev–Trinajstić information content (AvgIpc) is 2.60. The summed E-state index contributed by atoms with van der Waals surface area (Å²) in [5, 5.41) is 9.25. The summed E-state index contributed by atoms with van der Waals surface area (Å²) in [6.07, 6.45) is 3.49. The van der Waals surface area contributed by atoms with Gasteiger partial charge in [0.15, 0.2) is 0 Å². The molecule has 1 N–H and O–H groups in total. The number of aliphatic hydroxyl groups is 1. The molecule has 1 aliphatic heterocycles. The summed E-state index contributed by atoms with van der Waals surface area (Å²) in [5.74, 6) is -0.557. The Morgan fingerprint density at radius 3 is 2.56 bits per heavy atom. The quantitative estimate of drug-likeness (QED) is 0.385. The molecule has 0 radical (unpaired) electrons. The van der Waals surface area contributed by atoms with Crippen molar-refractivity contribution >= 4 is 0 Å². The molecule has 1 saturated carbocycles. The Hall–Kier alpha value is -0.120. The Kier molecular flexibility index (Phi) is 1.06. The fourth-order valence-corrected chi connectivity index (χ4v) is 1.34. The van der Waals surface area contributed by atoms with Crippen molar-refractivity contribution in [3.05, 3.63) is 0 Å². The predicted molar refractivity (Wildman–Crippen MR) is 29.4 cm³/mol. The zero-order chi connectivity index (χ0) is 6.32. The Balaban J connectivity index is 2.03. The zero-order valence-corrected chi connectivity index (χ0v) is 5.17. The molecule has 0 aromatic carbocycles. The topological polar surface area (TPSA) is 45.3 Å². The third-order valence-corrected chi connectivity index (χ3v) is 2.06. The molecule has 0 aromatic heterocycles. The highest BCUT2D eigenvalue weighted by Gasteiger charge is 2.56. The van der Waals surface area contributed by atoms with Crippen molar-refractivity contribution in [2.45, 2.75) is 37.6 Å². The molecular formula is C6H10O3. The van der Waals surface area contributed by atoms with Crippen LogP contribution in [0.1, 0.15) is 25.7 Å². The van der Waals surface area contributed by atoms with Crippen LogP contribution in [0.15, 0.2) is 0 Å². The largest absolute Gasteiger partial charge is 0.387 e. The van der Waals surface area contributed by atoms with E-state index < -0.39 is 5.79 Å². The minimum absolute atomic E-state index is 0.383. The summed E-state index contributed by atoms with van der Waals surface area (Å²) < 4.78 is 0. The Morgan fingerprint density at radius 1 is 1.33 bits per heavy atom. The molecule has 52 valence electrons. The van der Waals surface area contributed by atoms with E-state index in [1.54, 1.807) is 0 Å². The van der Waals surface area contributed by atoms with E-state index in [1.807, 2.05) is 0 Å². The van der Waals surface area contributed by atoms with E-state index in [4.69, 9.17) is 9.78 Å². The predicted octanol–water partition coefficient (Wildman–Crippen LogP) is 0.579. The maximum atomic E-state index is 9.25. The molecule has 2 fully saturated rings. The van der Waals surface area contributed by atoms with E-state index >= 15 is 0 Å². The minimum atomic E-state index is -0.557. The Bertz CT molecular complexity index is 119. The molecular weight excluding hydrogens is 120 g/mol. The minimum Gasteiger partial charge on any atom is -0.387 e. The molecule has 1 aliphatic carbocycles. The van der Waals surface area contributed by atoms with Crippen LogP contribution in [-0.2, 0) is 9.78 Å². The monoisotopic (exact) mass is 130 g/mol. The molecule has 1 unspecified atom stereocenters. The molecule has 1 saturated heterocycles. The molecule has 0 bridgehead atoms. The highest BCUT2D eigenvalue weighted by atomic mass is 17.4. The van der Waals surface area contributed by atoms with Crippen LogP contribution in [0.4, 0.5) is 0 Å². The van der Waals surface area contributed by atoms with Crippen LogP contribution in [0.25, 0.3) is 0 Å². The van der Waals surface area contributed by atoms with E-state index in [2.05, 4.69) is 0 Å². The normalized spacial score (nSPS) is 39.0. The van der Waals surface area contributed by atoms with Gasteiger partial charge in [-0.15, -0.1) is 0 Å². The molecule has 1 atom stereocenters. The van der Waals surface area contributed by atoms with Crippen molar-refractivity contribution in [1.29, 1.82) is 0 Å². The molecule has 2 rings (SSSR count). The third-order valence-electron chi connectivity index (χ3n) is 2.06. The summed E-state index contributed by atoms with van der Waals surface area (Å²) in [4.78, 5) is 9.40. The molecule has 1 heterocycles. The van der Waals surface area contributed by atoms with Crippen LogP contribution < -0.4 is 0 Å². The van der Waals surface area contributed by atoms with Crippen LogP contribution in [0, 0.1) is 0 Å². The van der Waals surface area contributed by atoms with Crippen molar-refractivity contribution in [3.8, 4) is 0 Å². The summed E-state index contributed by atoms with van der Waals surface area (Å²) in [6, 6.07) is 0. The van der Waals surface area contributed by atoms with Gasteiger partial charge in [-0.05, 0) is 12.8 Å². The van der Waals surface area contributed by atoms with Gasteiger partial charge in [0.2, 0.25) is 0 Å². The van der Waals surface area contributed by atoms with Crippen molar-refractivity contribution in [3.63, 3.8) is 0 Å². The van der Waals surface area contributed by atoms with Gasteiger partial charge < -0.3 is 5.11 Å². The second kappa shape index (κ2) is 1.68. The molecule has 0 aromatic rings. The van der Waals surface area contributed by atoms with Crippen molar-refractivity contribution in [2.24, 2.45) is 0 Å². The number of hydrogen-bond acceptors (Lipinski definition) is 3. The number of hydrogen-bond donors (Lipinski definition) is 1. The SMILES string of the molecule is OC1CCCCC12OO2.